The molecule has 1 saturated heterocycles. The zero-order valence-corrected chi connectivity index (χ0v) is 15.7. The summed E-state index contributed by atoms with van der Waals surface area (Å²) in [6.07, 6.45) is 3.69. The minimum Gasteiger partial charge on any atom is -0.353 e. The van der Waals surface area contributed by atoms with E-state index in [4.69, 9.17) is 4.98 Å². The monoisotopic (exact) mass is 356 g/mol. The molecule has 4 rings (SSSR count). The lowest BCUT2D eigenvalue weighted by atomic mass is 10.1. The molecule has 0 bridgehead atoms. The van der Waals surface area contributed by atoms with Crippen LogP contribution in [0.25, 0.3) is 0 Å². The minimum absolute atomic E-state index is 0.0460. The largest absolute Gasteiger partial charge is 0.353 e. The standard InChI is InChI=1S/C19H28N6O/c1-22-10-12-25(13-11-22)19-20-17-6-9-24(8-5-16(17)18(26)21-19)14-15-4-3-7-23(15)2/h3-4,7H,5-6,8-14H2,1-2H3,(H,20,21,26). The molecule has 1 fully saturated rings. The smallest absolute Gasteiger partial charge is 0.255 e. The van der Waals surface area contributed by atoms with Crippen LogP contribution in [-0.4, -0.2) is 70.7 Å². The van der Waals surface area contributed by atoms with Crippen LogP contribution in [0.4, 0.5) is 5.95 Å². The number of likely N-dealkylation sites (N-methyl/N-ethyl adjacent to an activating group) is 1. The van der Waals surface area contributed by atoms with Crippen LogP contribution in [0.15, 0.2) is 23.1 Å². The number of nitrogens with zero attached hydrogens (tertiary/aromatic N) is 5. The number of anilines is 1. The summed E-state index contributed by atoms with van der Waals surface area (Å²) in [5.74, 6) is 0.748. The van der Waals surface area contributed by atoms with E-state index in [0.717, 1.165) is 75.9 Å². The minimum atomic E-state index is 0.0460. The summed E-state index contributed by atoms with van der Waals surface area (Å²) in [5.41, 5.74) is 3.20. The van der Waals surface area contributed by atoms with E-state index in [9.17, 15) is 4.79 Å². The number of nitrogens with one attached hydrogen (secondary N) is 1. The topological polar surface area (TPSA) is 60.4 Å². The zero-order chi connectivity index (χ0) is 18.1. The van der Waals surface area contributed by atoms with Crippen molar-refractivity contribution in [3.63, 3.8) is 0 Å². The highest BCUT2D eigenvalue weighted by molar-refractivity contribution is 5.35. The van der Waals surface area contributed by atoms with Crippen LogP contribution in [0.1, 0.15) is 17.0 Å². The summed E-state index contributed by atoms with van der Waals surface area (Å²) < 4.78 is 2.16. The van der Waals surface area contributed by atoms with Crippen LogP contribution in [-0.2, 0) is 26.4 Å². The number of aromatic nitrogens is 3. The summed E-state index contributed by atoms with van der Waals surface area (Å²) in [6, 6.07) is 4.24. The van der Waals surface area contributed by atoms with Crippen molar-refractivity contribution in [1.29, 1.82) is 0 Å². The molecule has 0 atom stereocenters. The van der Waals surface area contributed by atoms with Crippen LogP contribution >= 0.6 is 0 Å². The average Bonchev–Trinajstić information content (AvgIpc) is 2.91. The molecule has 7 nitrogen and oxygen atoms in total. The molecule has 4 heterocycles. The molecule has 7 heteroatoms. The van der Waals surface area contributed by atoms with E-state index < -0.39 is 0 Å². The SMILES string of the molecule is CN1CCN(c2nc3c(c(=O)[nH]2)CCN(Cc2cccn2C)CC3)CC1. The fourth-order valence-electron chi connectivity index (χ4n) is 3.86. The van der Waals surface area contributed by atoms with Crippen molar-refractivity contribution in [3.05, 3.63) is 45.6 Å². The second-order valence-corrected chi connectivity index (χ2v) is 7.49. The van der Waals surface area contributed by atoms with Crippen molar-refractivity contribution in [1.82, 2.24) is 24.3 Å². The molecule has 0 saturated carbocycles. The first-order chi connectivity index (χ1) is 12.6. The number of rotatable bonds is 3. The first kappa shape index (κ1) is 17.3. The average molecular weight is 356 g/mol. The summed E-state index contributed by atoms with van der Waals surface area (Å²) >= 11 is 0. The lowest BCUT2D eigenvalue weighted by Gasteiger charge is -2.32. The predicted octanol–water partition coefficient (Wildman–Crippen LogP) is 0.461. The molecular weight excluding hydrogens is 328 g/mol. The molecule has 1 N–H and O–H groups in total. The van der Waals surface area contributed by atoms with Crippen molar-refractivity contribution in [2.45, 2.75) is 19.4 Å². The van der Waals surface area contributed by atoms with Gasteiger partial charge in [0.15, 0.2) is 0 Å². The molecule has 0 radical (unpaired) electrons. The van der Waals surface area contributed by atoms with Crippen LogP contribution in [0.5, 0.6) is 0 Å². The Bertz CT molecular complexity index is 818. The number of hydrogen-bond donors (Lipinski definition) is 1. The van der Waals surface area contributed by atoms with Gasteiger partial charge >= 0.3 is 0 Å². The Hall–Kier alpha value is -2.12. The van der Waals surface area contributed by atoms with Crippen molar-refractivity contribution < 1.29 is 0 Å². The molecule has 0 amide bonds. The van der Waals surface area contributed by atoms with E-state index >= 15 is 0 Å². The normalized spacial score (nSPS) is 19.4. The molecule has 0 aliphatic carbocycles. The highest BCUT2D eigenvalue weighted by Gasteiger charge is 2.22. The number of hydrogen-bond acceptors (Lipinski definition) is 5. The molecule has 2 aliphatic heterocycles. The summed E-state index contributed by atoms with van der Waals surface area (Å²) in [6.45, 7) is 6.60. The van der Waals surface area contributed by atoms with Gasteiger partial charge in [0.05, 0.1) is 5.69 Å². The third kappa shape index (κ3) is 3.54. The fraction of sp³-hybridized carbons (Fsp3) is 0.579. The van der Waals surface area contributed by atoms with Gasteiger partial charge in [0.1, 0.15) is 0 Å². The van der Waals surface area contributed by atoms with Gasteiger partial charge in [-0.05, 0) is 25.6 Å². The van der Waals surface area contributed by atoms with Crippen LogP contribution in [0.2, 0.25) is 0 Å². The molecule has 140 valence electrons. The van der Waals surface area contributed by atoms with Crippen molar-refractivity contribution in [3.8, 4) is 0 Å². The third-order valence-corrected chi connectivity index (χ3v) is 5.67. The van der Waals surface area contributed by atoms with Gasteiger partial charge in [-0.3, -0.25) is 14.7 Å². The van der Waals surface area contributed by atoms with Crippen LogP contribution in [0, 0.1) is 0 Å². The summed E-state index contributed by atoms with van der Waals surface area (Å²) in [7, 11) is 4.21. The second-order valence-electron chi connectivity index (χ2n) is 7.49. The number of fused-ring (bicyclic) bond motifs is 1. The number of aromatic amines is 1. The van der Waals surface area contributed by atoms with E-state index in [-0.39, 0.29) is 5.56 Å². The van der Waals surface area contributed by atoms with Gasteiger partial charge in [-0.25, -0.2) is 4.98 Å². The molecule has 2 aliphatic rings. The maximum atomic E-state index is 12.7. The van der Waals surface area contributed by atoms with E-state index in [1.165, 1.54) is 5.69 Å². The van der Waals surface area contributed by atoms with E-state index in [0.29, 0.717) is 0 Å². The van der Waals surface area contributed by atoms with Crippen LogP contribution in [0.3, 0.4) is 0 Å². The maximum Gasteiger partial charge on any atom is 0.255 e. The Morgan fingerprint density at radius 2 is 1.85 bits per heavy atom. The Morgan fingerprint density at radius 3 is 2.58 bits per heavy atom. The maximum absolute atomic E-state index is 12.7. The quantitative estimate of drug-likeness (QED) is 0.866. The van der Waals surface area contributed by atoms with E-state index in [2.05, 4.69) is 56.7 Å². The number of piperazine rings is 1. The Balaban J connectivity index is 1.50. The lowest BCUT2D eigenvalue weighted by molar-refractivity contribution is 0.273. The Kier molecular flexibility index (Phi) is 4.82. The van der Waals surface area contributed by atoms with Crippen molar-refractivity contribution in [2.24, 2.45) is 7.05 Å². The zero-order valence-electron chi connectivity index (χ0n) is 15.7. The lowest BCUT2D eigenvalue weighted by Crippen LogP contribution is -2.45. The number of aryl methyl sites for hydroxylation is 1. The second kappa shape index (κ2) is 7.25. The molecule has 2 aromatic heterocycles. The van der Waals surface area contributed by atoms with E-state index in [1.54, 1.807) is 0 Å². The fourth-order valence-corrected chi connectivity index (χ4v) is 3.86. The molecule has 2 aromatic rings. The highest BCUT2D eigenvalue weighted by atomic mass is 16.1. The van der Waals surface area contributed by atoms with Gasteiger partial charge in [-0.15, -0.1) is 0 Å². The summed E-state index contributed by atoms with van der Waals surface area (Å²) in [5, 5.41) is 0. The highest BCUT2D eigenvalue weighted by Crippen LogP contribution is 2.16. The van der Waals surface area contributed by atoms with Gasteiger partial charge < -0.3 is 14.4 Å². The first-order valence-corrected chi connectivity index (χ1v) is 9.48. The third-order valence-electron chi connectivity index (χ3n) is 5.67. The number of H-pyrrole nitrogens is 1. The van der Waals surface area contributed by atoms with Crippen molar-refractivity contribution >= 4 is 5.95 Å². The Labute approximate surface area is 154 Å². The van der Waals surface area contributed by atoms with Gasteiger partial charge in [-0.2, -0.15) is 0 Å². The Morgan fingerprint density at radius 1 is 1.08 bits per heavy atom. The van der Waals surface area contributed by atoms with E-state index in [1.807, 2.05) is 0 Å². The molecule has 0 spiro atoms. The van der Waals surface area contributed by atoms with Gasteiger partial charge in [0, 0.05) is 76.7 Å². The van der Waals surface area contributed by atoms with Crippen molar-refractivity contribution in [2.75, 3.05) is 51.2 Å². The first-order valence-electron chi connectivity index (χ1n) is 9.48. The molecule has 0 unspecified atom stereocenters. The molecule has 0 aromatic carbocycles. The molecule has 26 heavy (non-hydrogen) atoms. The predicted molar refractivity (Wildman–Crippen MR) is 103 cm³/mol. The van der Waals surface area contributed by atoms with Gasteiger partial charge in [0.25, 0.3) is 5.56 Å². The van der Waals surface area contributed by atoms with Gasteiger partial charge in [-0.1, -0.05) is 0 Å². The van der Waals surface area contributed by atoms with Crippen LogP contribution < -0.4 is 10.5 Å². The summed E-state index contributed by atoms with van der Waals surface area (Å²) in [4.78, 5) is 27.5. The van der Waals surface area contributed by atoms with Gasteiger partial charge in [0.2, 0.25) is 5.95 Å². The molecular formula is C19H28N6O.